The third-order valence-electron chi connectivity index (χ3n) is 3.71. The molecule has 0 radical (unpaired) electrons. The van der Waals surface area contributed by atoms with Crippen molar-refractivity contribution in [2.24, 2.45) is 0 Å². The summed E-state index contributed by atoms with van der Waals surface area (Å²) in [5.41, 5.74) is 2.90. The van der Waals surface area contributed by atoms with Crippen LogP contribution in [0.1, 0.15) is 11.1 Å². The highest BCUT2D eigenvalue weighted by molar-refractivity contribution is 9.10. The molecule has 0 aliphatic carbocycles. The zero-order chi connectivity index (χ0) is 13.8. The van der Waals surface area contributed by atoms with Gasteiger partial charge in [-0.25, -0.2) is 0 Å². The molecule has 0 N–H and O–H groups in total. The van der Waals surface area contributed by atoms with Gasteiger partial charge >= 0.3 is 0 Å². The highest BCUT2D eigenvalue weighted by Crippen LogP contribution is 2.26. The van der Waals surface area contributed by atoms with Gasteiger partial charge in [0.1, 0.15) is 12.4 Å². The van der Waals surface area contributed by atoms with Crippen LogP contribution in [0.5, 0.6) is 5.75 Å². The van der Waals surface area contributed by atoms with Crippen molar-refractivity contribution in [1.82, 2.24) is 4.90 Å². The molecule has 0 saturated heterocycles. The van der Waals surface area contributed by atoms with Gasteiger partial charge in [0.25, 0.3) is 0 Å². The van der Waals surface area contributed by atoms with E-state index in [1.807, 2.05) is 30.3 Å². The first-order chi connectivity index (χ1) is 9.83. The monoisotopic (exact) mass is 331 g/mol. The molecule has 3 heteroatoms. The molecule has 20 heavy (non-hydrogen) atoms. The molecule has 0 aromatic heterocycles. The van der Waals surface area contributed by atoms with Gasteiger partial charge in [-0.05, 0) is 35.7 Å². The number of hydrogen-bond acceptors (Lipinski definition) is 2. The van der Waals surface area contributed by atoms with Crippen LogP contribution in [-0.2, 0) is 13.0 Å². The number of halogens is 1. The average Bonchev–Trinajstić information content (AvgIpc) is 2.48. The van der Waals surface area contributed by atoms with Crippen LogP contribution >= 0.6 is 15.9 Å². The summed E-state index contributed by atoms with van der Waals surface area (Å²) >= 11 is 3.64. The fraction of sp³-hybridized carbons (Fsp3) is 0.294. The molecule has 0 fully saturated rings. The Hall–Kier alpha value is -1.32. The van der Waals surface area contributed by atoms with Crippen molar-refractivity contribution in [3.05, 3.63) is 64.1 Å². The maximum absolute atomic E-state index is 5.77. The molecular formula is C17H18BrNO. The molecular weight excluding hydrogens is 314 g/mol. The van der Waals surface area contributed by atoms with E-state index in [9.17, 15) is 0 Å². The van der Waals surface area contributed by atoms with Gasteiger partial charge in [-0.15, -0.1) is 0 Å². The molecule has 1 aliphatic heterocycles. The Labute approximate surface area is 128 Å². The zero-order valence-electron chi connectivity index (χ0n) is 11.4. The summed E-state index contributed by atoms with van der Waals surface area (Å²) in [7, 11) is 0. The number of ether oxygens (including phenoxy) is 1. The van der Waals surface area contributed by atoms with Gasteiger partial charge in [-0.3, -0.25) is 4.90 Å². The molecule has 1 aliphatic rings. The van der Waals surface area contributed by atoms with E-state index in [0.29, 0.717) is 0 Å². The van der Waals surface area contributed by atoms with Gasteiger partial charge < -0.3 is 4.74 Å². The van der Waals surface area contributed by atoms with Gasteiger partial charge in [0.2, 0.25) is 0 Å². The number of rotatable bonds is 4. The molecule has 2 nitrogen and oxygen atoms in total. The minimum atomic E-state index is 0.743. The van der Waals surface area contributed by atoms with E-state index < -0.39 is 0 Å². The van der Waals surface area contributed by atoms with E-state index in [0.717, 1.165) is 38.4 Å². The number of nitrogens with zero attached hydrogens (tertiary/aromatic N) is 1. The molecule has 3 rings (SSSR count). The summed E-state index contributed by atoms with van der Waals surface area (Å²) in [6.45, 7) is 3.84. The van der Waals surface area contributed by atoms with Gasteiger partial charge in [0, 0.05) is 24.1 Å². The van der Waals surface area contributed by atoms with Crippen LogP contribution in [0.3, 0.4) is 0 Å². The fourth-order valence-electron chi connectivity index (χ4n) is 2.62. The minimum absolute atomic E-state index is 0.743. The van der Waals surface area contributed by atoms with Crippen LogP contribution in [-0.4, -0.2) is 24.6 Å². The molecule has 2 aromatic rings. The second-order valence-corrected chi connectivity index (χ2v) is 5.92. The fourth-order valence-corrected chi connectivity index (χ4v) is 3.23. The zero-order valence-corrected chi connectivity index (χ0v) is 13.0. The topological polar surface area (TPSA) is 12.5 Å². The molecule has 1 heterocycles. The molecule has 0 spiro atoms. The summed E-state index contributed by atoms with van der Waals surface area (Å²) in [4.78, 5) is 2.46. The molecule has 0 saturated carbocycles. The lowest BCUT2D eigenvalue weighted by atomic mass is 10.00. The van der Waals surface area contributed by atoms with Crippen molar-refractivity contribution in [2.75, 3.05) is 19.7 Å². The lowest BCUT2D eigenvalue weighted by molar-refractivity contribution is 0.196. The van der Waals surface area contributed by atoms with Gasteiger partial charge in [-0.1, -0.05) is 46.3 Å². The van der Waals surface area contributed by atoms with E-state index >= 15 is 0 Å². The summed E-state index contributed by atoms with van der Waals surface area (Å²) in [5.74, 6) is 0.952. The Kier molecular flexibility index (Phi) is 4.38. The Balaban J connectivity index is 1.53. The van der Waals surface area contributed by atoms with Gasteiger partial charge in [0.15, 0.2) is 0 Å². The van der Waals surface area contributed by atoms with E-state index in [1.165, 1.54) is 15.6 Å². The Morgan fingerprint density at radius 1 is 1.05 bits per heavy atom. The van der Waals surface area contributed by atoms with E-state index in [-0.39, 0.29) is 0 Å². The maximum Gasteiger partial charge on any atom is 0.119 e. The van der Waals surface area contributed by atoms with Gasteiger partial charge in [-0.2, -0.15) is 0 Å². The first-order valence-corrected chi connectivity index (χ1v) is 7.79. The quantitative estimate of drug-likeness (QED) is 0.842. The molecule has 104 valence electrons. The standard InChI is InChI=1S/C17H18BrNO/c18-17-8-4-5-14-13-19(10-9-16(14)17)11-12-20-15-6-2-1-3-7-15/h1-8H,9-13H2. The Morgan fingerprint density at radius 2 is 1.90 bits per heavy atom. The Bertz CT molecular complexity index is 570. The smallest absolute Gasteiger partial charge is 0.119 e. The normalized spacial score (nSPS) is 14.8. The number of fused-ring (bicyclic) bond motifs is 1. The lowest BCUT2D eigenvalue weighted by Crippen LogP contribution is -2.34. The molecule has 2 aromatic carbocycles. The van der Waals surface area contributed by atoms with Gasteiger partial charge in [0.05, 0.1) is 0 Å². The van der Waals surface area contributed by atoms with Crippen molar-refractivity contribution >= 4 is 15.9 Å². The number of hydrogen-bond donors (Lipinski definition) is 0. The van der Waals surface area contributed by atoms with E-state index in [4.69, 9.17) is 4.74 Å². The van der Waals surface area contributed by atoms with Crippen LogP contribution in [0.2, 0.25) is 0 Å². The Morgan fingerprint density at radius 3 is 2.75 bits per heavy atom. The van der Waals surface area contributed by atoms with E-state index in [1.54, 1.807) is 0 Å². The average molecular weight is 332 g/mol. The highest BCUT2D eigenvalue weighted by Gasteiger charge is 2.17. The molecule has 0 bridgehead atoms. The predicted molar refractivity (Wildman–Crippen MR) is 85.1 cm³/mol. The van der Waals surface area contributed by atoms with Crippen molar-refractivity contribution < 1.29 is 4.74 Å². The first-order valence-electron chi connectivity index (χ1n) is 6.99. The first kappa shape index (κ1) is 13.7. The number of benzene rings is 2. The summed E-state index contributed by atoms with van der Waals surface area (Å²) in [5, 5.41) is 0. The molecule has 0 atom stereocenters. The van der Waals surface area contributed by atoms with Crippen molar-refractivity contribution in [2.45, 2.75) is 13.0 Å². The van der Waals surface area contributed by atoms with Crippen molar-refractivity contribution in [3.63, 3.8) is 0 Å². The van der Waals surface area contributed by atoms with E-state index in [2.05, 4.69) is 39.0 Å². The predicted octanol–water partition coefficient (Wildman–Crippen LogP) is 3.89. The second-order valence-electron chi connectivity index (χ2n) is 5.07. The van der Waals surface area contributed by atoms with Crippen molar-refractivity contribution in [1.29, 1.82) is 0 Å². The summed E-state index contributed by atoms with van der Waals surface area (Å²) in [6, 6.07) is 16.5. The van der Waals surface area contributed by atoms with Crippen LogP contribution < -0.4 is 4.74 Å². The SMILES string of the molecule is Brc1cccc2c1CCN(CCOc1ccccc1)C2. The largest absolute Gasteiger partial charge is 0.492 e. The van der Waals surface area contributed by atoms with Crippen molar-refractivity contribution in [3.8, 4) is 5.75 Å². The highest BCUT2D eigenvalue weighted by atomic mass is 79.9. The van der Waals surface area contributed by atoms with Crippen LogP contribution in [0, 0.1) is 0 Å². The van der Waals surface area contributed by atoms with Crippen LogP contribution in [0.15, 0.2) is 53.0 Å². The lowest BCUT2D eigenvalue weighted by Gasteiger charge is -2.29. The number of para-hydroxylation sites is 1. The molecule has 0 unspecified atom stereocenters. The van der Waals surface area contributed by atoms with Crippen LogP contribution in [0.25, 0.3) is 0 Å². The third kappa shape index (κ3) is 3.22. The van der Waals surface area contributed by atoms with Crippen LogP contribution in [0.4, 0.5) is 0 Å². The summed E-state index contributed by atoms with van der Waals surface area (Å²) < 4.78 is 7.02. The maximum atomic E-state index is 5.77. The second kappa shape index (κ2) is 6.42. The summed E-state index contributed by atoms with van der Waals surface area (Å²) in [6.07, 6.45) is 1.11. The molecule has 0 amide bonds. The minimum Gasteiger partial charge on any atom is -0.492 e. The third-order valence-corrected chi connectivity index (χ3v) is 4.45.